The molecule has 0 unspecified atom stereocenters. The van der Waals surface area contributed by atoms with Gasteiger partial charge in [-0.25, -0.2) is 4.98 Å². The van der Waals surface area contributed by atoms with Gasteiger partial charge in [0.1, 0.15) is 5.82 Å². The fourth-order valence-corrected chi connectivity index (χ4v) is 2.65. The van der Waals surface area contributed by atoms with E-state index in [1.54, 1.807) is 6.07 Å². The lowest BCUT2D eigenvalue weighted by atomic mass is 10.1. The van der Waals surface area contributed by atoms with Gasteiger partial charge in [-0.05, 0) is 47.9 Å². The maximum Gasteiger partial charge on any atom is 0.259 e. The number of anilines is 1. The Labute approximate surface area is 141 Å². The molecule has 0 amide bonds. The molecule has 0 aliphatic heterocycles. The first kappa shape index (κ1) is 16.0. The highest BCUT2D eigenvalue weighted by atomic mass is 16.1. The highest BCUT2D eigenvalue weighted by Gasteiger charge is 2.07. The van der Waals surface area contributed by atoms with Crippen LogP contribution in [0.3, 0.4) is 0 Å². The summed E-state index contributed by atoms with van der Waals surface area (Å²) in [6.07, 6.45) is 2.86. The smallest absolute Gasteiger partial charge is 0.259 e. The summed E-state index contributed by atoms with van der Waals surface area (Å²) in [6, 6.07) is 15.7. The summed E-state index contributed by atoms with van der Waals surface area (Å²) in [7, 11) is 4.04. The van der Waals surface area contributed by atoms with Crippen molar-refractivity contribution < 1.29 is 0 Å². The molecule has 4 heteroatoms. The Morgan fingerprint density at radius 1 is 1.12 bits per heavy atom. The Balaban J connectivity index is 2.03. The van der Waals surface area contributed by atoms with Crippen molar-refractivity contribution in [3.8, 4) is 0 Å². The van der Waals surface area contributed by atoms with Gasteiger partial charge in [0.05, 0.1) is 10.9 Å². The largest absolute Gasteiger partial charge is 0.378 e. The van der Waals surface area contributed by atoms with E-state index < -0.39 is 0 Å². The van der Waals surface area contributed by atoms with E-state index in [0.717, 1.165) is 28.8 Å². The van der Waals surface area contributed by atoms with Gasteiger partial charge in [-0.3, -0.25) is 4.79 Å². The molecule has 0 radical (unpaired) electrons. The monoisotopic (exact) mass is 319 g/mol. The minimum absolute atomic E-state index is 0.0992. The molecule has 3 rings (SSSR count). The first-order valence-corrected chi connectivity index (χ1v) is 8.06. The van der Waals surface area contributed by atoms with E-state index in [9.17, 15) is 4.79 Å². The number of nitrogens with one attached hydrogen (secondary N) is 1. The molecule has 0 saturated heterocycles. The topological polar surface area (TPSA) is 49.0 Å². The van der Waals surface area contributed by atoms with Crippen molar-refractivity contribution in [2.45, 2.75) is 13.3 Å². The first-order chi connectivity index (χ1) is 11.6. The van der Waals surface area contributed by atoms with Crippen molar-refractivity contribution in [3.63, 3.8) is 0 Å². The van der Waals surface area contributed by atoms with Gasteiger partial charge >= 0.3 is 0 Å². The van der Waals surface area contributed by atoms with Crippen LogP contribution in [0.2, 0.25) is 0 Å². The molecule has 4 nitrogen and oxygen atoms in total. The van der Waals surface area contributed by atoms with Crippen molar-refractivity contribution in [2.24, 2.45) is 0 Å². The van der Waals surface area contributed by atoms with E-state index >= 15 is 0 Å². The standard InChI is InChI=1S/C20H21N3O/c1-4-15(13-14-9-11-16(12-10-14)23(2)3)19-21-18-8-6-5-7-17(18)20(24)22-19/h5-13H,4H2,1-3H3,(H,21,22,24)/b15-13+. The van der Waals surface area contributed by atoms with Gasteiger partial charge in [-0.15, -0.1) is 0 Å². The number of para-hydroxylation sites is 1. The van der Waals surface area contributed by atoms with Crippen molar-refractivity contribution in [1.29, 1.82) is 0 Å². The van der Waals surface area contributed by atoms with Crippen LogP contribution < -0.4 is 10.5 Å². The SMILES string of the molecule is CC/C(=C\c1ccc(N(C)C)cc1)c1nc2ccccc2c(=O)[nH]1. The molecule has 0 saturated carbocycles. The summed E-state index contributed by atoms with van der Waals surface area (Å²) in [6.45, 7) is 2.06. The third-order valence-corrected chi connectivity index (χ3v) is 4.05. The van der Waals surface area contributed by atoms with Crippen LogP contribution in [0.25, 0.3) is 22.6 Å². The lowest BCUT2D eigenvalue weighted by molar-refractivity contribution is 1.08. The molecule has 0 spiro atoms. The van der Waals surface area contributed by atoms with Gasteiger partial charge in [-0.2, -0.15) is 0 Å². The maximum absolute atomic E-state index is 12.3. The molecule has 122 valence electrons. The summed E-state index contributed by atoms with van der Waals surface area (Å²) in [4.78, 5) is 21.9. The van der Waals surface area contributed by atoms with Crippen molar-refractivity contribution in [2.75, 3.05) is 19.0 Å². The number of allylic oxidation sites excluding steroid dienone is 1. The van der Waals surface area contributed by atoms with Gasteiger partial charge in [0.25, 0.3) is 5.56 Å². The van der Waals surface area contributed by atoms with Crippen LogP contribution in [0, 0.1) is 0 Å². The van der Waals surface area contributed by atoms with Crippen LogP contribution >= 0.6 is 0 Å². The molecule has 1 N–H and O–H groups in total. The van der Waals surface area contributed by atoms with Crippen molar-refractivity contribution >= 4 is 28.2 Å². The van der Waals surface area contributed by atoms with Crippen LogP contribution in [-0.2, 0) is 0 Å². The highest BCUT2D eigenvalue weighted by Crippen LogP contribution is 2.21. The van der Waals surface area contributed by atoms with E-state index in [1.165, 1.54) is 0 Å². The number of hydrogen-bond acceptors (Lipinski definition) is 3. The van der Waals surface area contributed by atoms with Gasteiger partial charge in [-0.1, -0.05) is 31.2 Å². The number of nitrogens with zero attached hydrogens (tertiary/aromatic N) is 2. The summed E-state index contributed by atoms with van der Waals surface area (Å²) >= 11 is 0. The summed E-state index contributed by atoms with van der Waals surface area (Å²) in [5, 5.41) is 0.618. The Kier molecular flexibility index (Phi) is 4.47. The molecule has 0 bridgehead atoms. The number of aromatic nitrogens is 2. The lowest BCUT2D eigenvalue weighted by Gasteiger charge is -2.12. The van der Waals surface area contributed by atoms with Gasteiger partial charge in [0, 0.05) is 19.8 Å². The third kappa shape index (κ3) is 3.23. The average molecular weight is 319 g/mol. The maximum atomic E-state index is 12.3. The van der Waals surface area contributed by atoms with E-state index in [-0.39, 0.29) is 5.56 Å². The first-order valence-electron chi connectivity index (χ1n) is 8.06. The quantitative estimate of drug-likeness (QED) is 0.792. The molecule has 0 atom stereocenters. The van der Waals surface area contributed by atoms with Crippen molar-refractivity contribution in [1.82, 2.24) is 9.97 Å². The minimum Gasteiger partial charge on any atom is -0.378 e. The zero-order chi connectivity index (χ0) is 17.1. The summed E-state index contributed by atoms with van der Waals surface area (Å²) in [5.41, 5.74) is 3.88. The molecule has 2 aromatic carbocycles. The second-order valence-electron chi connectivity index (χ2n) is 5.94. The molecule has 1 aromatic heterocycles. The van der Waals surface area contributed by atoms with Crippen LogP contribution in [0.4, 0.5) is 5.69 Å². The second kappa shape index (κ2) is 6.71. The Hall–Kier alpha value is -2.88. The molecule has 24 heavy (non-hydrogen) atoms. The average Bonchev–Trinajstić information content (AvgIpc) is 2.60. The number of fused-ring (bicyclic) bond motifs is 1. The molecule has 1 heterocycles. The van der Waals surface area contributed by atoms with Crippen LogP contribution in [0.15, 0.2) is 53.3 Å². The number of H-pyrrole nitrogens is 1. The second-order valence-corrected chi connectivity index (χ2v) is 5.94. The Bertz CT molecular complexity index is 937. The van der Waals surface area contributed by atoms with Gasteiger partial charge in [0.2, 0.25) is 0 Å². The van der Waals surface area contributed by atoms with Crippen LogP contribution in [-0.4, -0.2) is 24.1 Å². The van der Waals surface area contributed by atoms with Gasteiger partial charge < -0.3 is 9.88 Å². The zero-order valence-corrected chi connectivity index (χ0v) is 14.2. The lowest BCUT2D eigenvalue weighted by Crippen LogP contribution is -2.11. The fourth-order valence-electron chi connectivity index (χ4n) is 2.65. The predicted molar refractivity (Wildman–Crippen MR) is 101 cm³/mol. The van der Waals surface area contributed by atoms with Gasteiger partial charge in [0.15, 0.2) is 0 Å². The summed E-state index contributed by atoms with van der Waals surface area (Å²) in [5.74, 6) is 0.637. The Morgan fingerprint density at radius 2 is 1.83 bits per heavy atom. The number of benzene rings is 2. The molecule has 3 aromatic rings. The van der Waals surface area contributed by atoms with E-state index in [1.807, 2.05) is 32.3 Å². The third-order valence-electron chi connectivity index (χ3n) is 4.05. The van der Waals surface area contributed by atoms with E-state index in [0.29, 0.717) is 11.2 Å². The molecular formula is C20H21N3O. The minimum atomic E-state index is -0.0992. The molecule has 0 aliphatic rings. The number of hydrogen-bond donors (Lipinski definition) is 1. The van der Waals surface area contributed by atoms with Crippen LogP contribution in [0.5, 0.6) is 0 Å². The Morgan fingerprint density at radius 3 is 2.50 bits per heavy atom. The fraction of sp³-hybridized carbons (Fsp3) is 0.200. The molecular weight excluding hydrogens is 298 g/mol. The zero-order valence-electron chi connectivity index (χ0n) is 14.2. The van der Waals surface area contributed by atoms with E-state index in [2.05, 4.69) is 52.1 Å². The van der Waals surface area contributed by atoms with Crippen molar-refractivity contribution in [3.05, 3.63) is 70.3 Å². The molecule has 0 fully saturated rings. The molecule has 0 aliphatic carbocycles. The van der Waals surface area contributed by atoms with E-state index in [4.69, 9.17) is 0 Å². The summed E-state index contributed by atoms with van der Waals surface area (Å²) < 4.78 is 0. The number of rotatable bonds is 4. The highest BCUT2D eigenvalue weighted by molar-refractivity contribution is 5.83. The number of aromatic amines is 1. The van der Waals surface area contributed by atoms with Crippen LogP contribution in [0.1, 0.15) is 24.7 Å². The predicted octanol–water partition coefficient (Wildman–Crippen LogP) is 3.94. The normalized spacial score (nSPS) is 11.7.